The molecule has 170 valence electrons. The Labute approximate surface area is 206 Å². The van der Waals surface area contributed by atoms with E-state index in [1.54, 1.807) is 36.7 Å². The molecule has 2 amide bonds. The van der Waals surface area contributed by atoms with E-state index < -0.39 is 17.9 Å². The first-order valence-electron chi connectivity index (χ1n) is 9.49. The Hall–Kier alpha value is -3.24. The van der Waals surface area contributed by atoms with Crippen LogP contribution < -0.4 is 11.1 Å². The first-order valence-corrected chi connectivity index (χ1v) is 11.1. The third-order valence-electron chi connectivity index (χ3n) is 4.88. The lowest BCUT2D eigenvalue weighted by Gasteiger charge is -2.16. The van der Waals surface area contributed by atoms with Crippen LogP contribution in [0.1, 0.15) is 23.3 Å². The van der Waals surface area contributed by atoms with E-state index in [4.69, 9.17) is 5.73 Å². The number of aromatic nitrogens is 3. The van der Waals surface area contributed by atoms with Gasteiger partial charge >= 0.3 is 0 Å². The number of pyridine rings is 1. The van der Waals surface area contributed by atoms with Gasteiger partial charge in [0.2, 0.25) is 5.91 Å². The second-order valence-electron chi connectivity index (χ2n) is 7.06. The number of phenolic OH excluding ortho intramolecular Hbond substituents is 1. The molecule has 8 nitrogen and oxygen atoms in total. The maximum atomic E-state index is 13.1. The third-order valence-corrected chi connectivity index (χ3v) is 6.09. The van der Waals surface area contributed by atoms with Gasteiger partial charge in [0.05, 0.1) is 20.0 Å². The number of aromatic amines is 1. The zero-order valence-corrected chi connectivity index (χ0v) is 19.6. The molecule has 0 aliphatic rings. The molecule has 33 heavy (non-hydrogen) atoms. The monoisotopic (exact) mass is 573 g/mol. The molecule has 0 bridgehead atoms. The highest BCUT2D eigenvalue weighted by Crippen LogP contribution is 2.33. The molecule has 0 aliphatic heterocycles. The van der Waals surface area contributed by atoms with E-state index in [1.165, 1.54) is 0 Å². The van der Waals surface area contributed by atoms with Crippen LogP contribution in [-0.2, 0) is 11.2 Å². The second-order valence-corrected chi connectivity index (χ2v) is 8.77. The van der Waals surface area contributed by atoms with Gasteiger partial charge in [0.25, 0.3) is 5.91 Å². The van der Waals surface area contributed by atoms with Crippen LogP contribution in [0.4, 0.5) is 0 Å². The predicted octanol–water partition coefficient (Wildman–Crippen LogP) is 4.32. The van der Waals surface area contributed by atoms with Crippen molar-refractivity contribution in [2.24, 2.45) is 5.73 Å². The number of nitrogens with one attached hydrogen (secondary N) is 2. The molecule has 0 aliphatic carbocycles. The maximum Gasteiger partial charge on any atom is 0.254 e. The fourth-order valence-corrected chi connectivity index (χ4v) is 4.57. The average molecular weight is 575 g/mol. The van der Waals surface area contributed by atoms with Crippen LogP contribution in [0.3, 0.4) is 0 Å². The summed E-state index contributed by atoms with van der Waals surface area (Å²) in [6, 6.07) is 11.2. The van der Waals surface area contributed by atoms with Crippen molar-refractivity contribution in [3.8, 4) is 17.1 Å². The number of hydrogen-bond acceptors (Lipinski definition) is 5. The molecule has 0 saturated carbocycles. The van der Waals surface area contributed by atoms with Crippen LogP contribution in [0.2, 0.25) is 0 Å². The van der Waals surface area contributed by atoms with Crippen molar-refractivity contribution in [1.82, 2.24) is 20.3 Å². The fraction of sp³-hybridized carbons (Fsp3) is 0.130. The molecule has 2 aromatic carbocycles. The minimum absolute atomic E-state index is 0. The van der Waals surface area contributed by atoms with Crippen molar-refractivity contribution < 1.29 is 14.7 Å². The summed E-state index contributed by atoms with van der Waals surface area (Å²) in [5.74, 6) is -0.494. The van der Waals surface area contributed by atoms with Crippen molar-refractivity contribution in [3.63, 3.8) is 0 Å². The molecule has 2 aromatic heterocycles. The van der Waals surface area contributed by atoms with Crippen LogP contribution in [0.5, 0.6) is 5.75 Å². The summed E-state index contributed by atoms with van der Waals surface area (Å²) in [5, 5.41) is 12.6. The van der Waals surface area contributed by atoms with E-state index in [0.717, 1.165) is 5.56 Å². The Morgan fingerprint density at radius 3 is 2.42 bits per heavy atom. The van der Waals surface area contributed by atoms with Gasteiger partial charge in [-0.05, 0) is 73.8 Å². The normalized spacial score (nSPS) is 11.6. The number of rotatable bonds is 6. The SMILES string of the molecule is C.NC(=O)[C@H](Cc1cc(Br)c(O)c(Br)c1)NC(=O)c1cccc2[nH]c(-c3ccncc3)nc12. The van der Waals surface area contributed by atoms with Gasteiger partial charge in [-0.3, -0.25) is 14.6 Å². The predicted molar refractivity (Wildman–Crippen MR) is 134 cm³/mol. The number of H-pyrrole nitrogens is 1. The number of amides is 2. The first kappa shape index (κ1) is 24.4. The second kappa shape index (κ2) is 10.1. The number of primary amides is 1. The number of nitrogens with zero attached hydrogens (tertiary/aromatic N) is 2. The molecule has 0 saturated heterocycles. The van der Waals surface area contributed by atoms with Crippen LogP contribution >= 0.6 is 31.9 Å². The number of nitrogens with two attached hydrogens (primary N) is 1. The summed E-state index contributed by atoms with van der Waals surface area (Å²) in [6.07, 6.45) is 3.47. The highest BCUT2D eigenvalue weighted by Gasteiger charge is 2.22. The molecule has 10 heteroatoms. The van der Waals surface area contributed by atoms with E-state index in [1.807, 2.05) is 18.2 Å². The minimum atomic E-state index is -0.959. The van der Waals surface area contributed by atoms with E-state index in [-0.39, 0.29) is 19.6 Å². The van der Waals surface area contributed by atoms with Gasteiger partial charge in [0, 0.05) is 24.4 Å². The molecule has 0 radical (unpaired) electrons. The summed E-state index contributed by atoms with van der Waals surface area (Å²) in [7, 11) is 0. The smallest absolute Gasteiger partial charge is 0.254 e. The molecule has 5 N–H and O–H groups in total. The van der Waals surface area contributed by atoms with Crippen LogP contribution in [0, 0.1) is 0 Å². The molecule has 4 rings (SSSR count). The van der Waals surface area contributed by atoms with Crippen molar-refractivity contribution >= 4 is 54.7 Å². The van der Waals surface area contributed by atoms with Crippen molar-refractivity contribution in [2.75, 3.05) is 0 Å². The van der Waals surface area contributed by atoms with Gasteiger partial charge < -0.3 is 21.1 Å². The number of phenols is 1. The number of carbonyl (C=O) groups excluding carboxylic acids is 2. The van der Waals surface area contributed by atoms with Gasteiger partial charge in [-0.2, -0.15) is 0 Å². The molecule has 1 atom stereocenters. The summed E-state index contributed by atoms with van der Waals surface area (Å²) in [5.41, 5.74) is 8.57. The molecular weight excluding hydrogens is 554 g/mol. The Balaban J connectivity index is 0.00000306. The summed E-state index contributed by atoms with van der Waals surface area (Å²) in [4.78, 5) is 36.9. The zero-order chi connectivity index (χ0) is 22.8. The van der Waals surface area contributed by atoms with E-state index in [2.05, 4.69) is 52.1 Å². The molecule has 0 fully saturated rings. The van der Waals surface area contributed by atoms with Gasteiger partial charge in [-0.1, -0.05) is 13.5 Å². The quantitative estimate of drug-likeness (QED) is 0.272. The first-order chi connectivity index (χ1) is 15.3. The lowest BCUT2D eigenvalue weighted by atomic mass is 10.0. The van der Waals surface area contributed by atoms with Crippen LogP contribution in [-0.4, -0.2) is 37.9 Å². The lowest BCUT2D eigenvalue weighted by Crippen LogP contribution is -2.45. The number of imidazole rings is 1. The molecule has 0 unspecified atom stereocenters. The Morgan fingerprint density at radius 2 is 1.79 bits per heavy atom. The van der Waals surface area contributed by atoms with Crippen molar-refractivity contribution in [1.29, 1.82) is 0 Å². The molecular formula is C23H21Br2N5O3. The molecule has 4 aromatic rings. The molecule has 0 spiro atoms. The topological polar surface area (TPSA) is 134 Å². The Morgan fingerprint density at radius 1 is 1.12 bits per heavy atom. The molecule has 2 heterocycles. The van der Waals surface area contributed by atoms with E-state index in [9.17, 15) is 14.7 Å². The van der Waals surface area contributed by atoms with Gasteiger partial charge in [0.1, 0.15) is 23.1 Å². The number of benzene rings is 2. The van der Waals surface area contributed by atoms with E-state index >= 15 is 0 Å². The van der Waals surface area contributed by atoms with Gasteiger partial charge in [0.15, 0.2) is 0 Å². The summed E-state index contributed by atoms with van der Waals surface area (Å²) < 4.78 is 0.919. The number of para-hydroxylation sites is 1. The Kier molecular flexibility index (Phi) is 7.50. The summed E-state index contributed by atoms with van der Waals surface area (Å²) in [6.45, 7) is 0. The lowest BCUT2D eigenvalue weighted by molar-refractivity contribution is -0.119. The largest absolute Gasteiger partial charge is 0.506 e. The highest BCUT2D eigenvalue weighted by atomic mass is 79.9. The maximum absolute atomic E-state index is 13.1. The Bertz CT molecular complexity index is 1300. The standard InChI is InChI=1S/C22H17Br2N5O3.CH4/c23-14-8-11(9-15(24)19(14)30)10-17(20(25)31)28-22(32)13-2-1-3-16-18(13)29-21(27-16)12-4-6-26-7-5-12;/h1-9,17,30H,10H2,(H2,25,31)(H,27,29)(H,28,32);1H4/t17-;/m0./s1. The third kappa shape index (κ3) is 5.23. The van der Waals surface area contributed by atoms with Crippen LogP contribution in [0.25, 0.3) is 22.4 Å². The van der Waals surface area contributed by atoms with Gasteiger partial charge in [-0.15, -0.1) is 0 Å². The number of fused-ring (bicyclic) bond motifs is 1. The minimum Gasteiger partial charge on any atom is -0.506 e. The number of carbonyl (C=O) groups is 2. The van der Waals surface area contributed by atoms with Crippen molar-refractivity contribution in [3.05, 3.63) is 74.9 Å². The number of halogens is 2. The number of aromatic hydroxyl groups is 1. The highest BCUT2D eigenvalue weighted by molar-refractivity contribution is 9.11. The van der Waals surface area contributed by atoms with Gasteiger partial charge in [-0.25, -0.2) is 4.98 Å². The zero-order valence-electron chi connectivity index (χ0n) is 16.5. The van der Waals surface area contributed by atoms with Crippen LogP contribution in [0.15, 0.2) is 63.8 Å². The number of hydrogen-bond donors (Lipinski definition) is 4. The van der Waals surface area contributed by atoms with E-state index in [0.29, 0.717) is 36.9 Å². The van der Waals surface area contributed by atoms with Crippen molar-refractivity contribution in [2.45, 2.75) is 19.9 Å². The summed E-state index contributed by atoms with van der Waals surface area (Å²) >= 11 is 6.52. The fourth-order valence-electron chi connectivity index (χ4n) is 3.29. The average Bonchev–Trinajstić information content (AvgIpc) is 3.22.